The summed E-state index contributed by atoms with van der Waals surface area (Å²) in [5.74, 6) is 0.895. The summed E-state index contributed by atoms with van der Waals surface area (Å²) in [6.45, 7) is 0. The van der Waals surface area contributed by atoms with Crippen LogP contribution in [-0.4, -0.2) is 7.11 Å². The molecule has 0 heterocycles. The van der Waals surface area contributed by atoms with Crippen LogP contribution in [-0.2, 0) is 6.42 Å². The lowest BCUT2D eigenvalue weighted by Crippen LogP contribution is -1.84. The van der Waals surface area contributed by atoms with Gasteiger partial charge < -0.3 is 4.74 Å². The highest BCUT2D eigenvalue weighted by atomic mass is 35.5. The summed E-state index contributed by atoms with van der Waals surface area (Å²) in [5, 5.41) is 0.786. The molecule has 0 radical (unpaired) electrons. The number of rotatable bonds is 1. The van der Waals surface area contributed by atoms with Crippen LogP contribution < -0.4 is 4.74 Å². The second-order valence-corrected chi connectivity index (χ2v) is 4.44. The van der Waals surface area contributed by atoms with E-state index in [0.29, 0.717) is 0 Å². The Morgan fingerprint density at radius 3 is 2.44 bits per heavy atom. The lowest BCUT2D eigenvalue weighted by atomic mass is 10.1. The molecule has 1 aliphatic carbocycles. The summed E-state index contributed by atoms with van der Waals surface area (Å²) in [5.41, 5.74) is 5.17. The van der Waals surface area contributed by atoms with E-state index < -0.39 is 0 Å². The summed E-state index contributed by atoms with van der Waals surface area (Å²) in [4.78, 5) is 0. The van der Waals surface area contributed by atoms with Gasteiger partial charge in [0.15, 0.2) is 0 Å². The number of hydrogen-bond donors (Lipinski definition) is 0. The normalized spacial score (nSPS) is 12.1. The summed E-state index contributed by atoms with van der Waals surface area (Å²) >= 11 is 6.03. The fourth-order valence-electron chi connectivity index (χ4n) is 2.25. The molecule has 80 valence electrons. The van der Waals surface area contributed by atoms with Crippen molar-refractivity contribution >= 4 is 11.6 Å². The molecular weight excluding hydrogens is 220 g/mol. The van der Waals surface area contributed by atoms with Crippen molar-refractivity contribution in [1.29, 1.82) is 0 Å². The standard InChI is InChI=1S/C14H11ClO/c1-16-12-5-3-10-6-9-2-4-11(15)7-13(9)14(10)8-12/h2-5,7-8H,6H2,1H3. The number of ether oxygens (including phenoxy) is 1. The smallest absolute Gasteiger partial charge is 0.119 e. The van der Waals surface area contributed by atoms with Crippen molar-refractivity contribution in [3.8, 4) is 16.9 Å². The van der Waals surface area contributed by atoms with Crippen LogP contribution in [0.1, 0.15) is 11.1 Å². The van der Waals surface area contributed by atoms with Crippen molar-refractivity contribution < 1.29 is 4.74 Å². The summed E-state index contributed by atoms with van der Waals surface area (Å²) in [7, 11) is 1.69. The third kappa shape index (κ3) is 1.40. The molecule has 0 atom stereocenters. The quantitative estimate of drug-likeness (QED) is 0.616. The van der Waals surface area contributed by atoms with Gasteiger partial charge in [-0.05, 0) is 52.9 Å². The Morgan fingerprint density at radius 1 is 1.00 bits per heavy atom. The summed E-state index contributed by atoms with van der Waals surface area (Å²) < 4.78 is 5.25. The minimum atomic E-state index is 0.786. The van der Waals surface area contributed by atoms with E-state index in [9.17, 15) is 0 Å². The van der Waals surface area contributed by atoms with E-state index in [1.54, 1.807) is 7.11 Å². The predicted molar refractivity (Wildman–Crippen MR) is 66.2 cm³/mol. The molecule has 0 aliphatic heterocycles. The van der Waals surface area contributed by atoms with E-state index in [1.165, 1.54) is 22.3 Å². The van der Waals surface area contributed by atoms with Gasteiger partial charge in [-0.3, -0.25) is 0 Å². The minimum absolute atomic E-state index is 0.786. The zero-order valence-corrected chi connectivity index (χ0v) is 9.71. The van der Waals surface area contributed by atoms with Gasteiger partial charge in [0.1, 0.15) is 5.75 Å². The number of fused-ring (bicyclic) bond motifs is 3. The Kier molecular flexibility index (Phi) is 2.15. The SMILES string of the molecule is COc1ccc2c(c1)-c1cc(Cl)ccc1C2. The number of halogens is 1. The van der Waals surface area contributed by atoms with Crippen molar-refractivity contribution in [2.24, 2.45) is 0 Å². The molecule has 0 saturated heterocycles. The molecule has 0 aromatic heterocycles. The number of hydrogen-bond acceptors (Lipinski definition) is 1. The van der Waals surface area contributed by atoms with Gasteiger partial charge >= 0.3 is 0 Å². The Balaban J connectivity index is 2.22. The Hall–Kier alpha value is -1.47. The molecule has 0 bridgehead atoms. The first-order valence-corrected chi connectivity index (χ1v) is 5.61. The molecule has 0 unspecified atom stereocenters. The van der Waals surface area contributed by atoms with E-state index in [1.807, 2.05) is 18.2 Å². The number of methoxy groups -OCH3 is 1. The first kappa shape index (κ1) is 9.73. The van der Waals surface area contributed by atoms with Crippen molar-refractivity contribution in [2.45, 2.75) is 6.42 Å². The molecule has 16 heavy (non-hydrogen) atoms. The average molecular weight is 231 g/mol. The van der Waals surface area contributed by atoms with Crippen LogP contribution in [0.2, 0.25) is 5.02 Å². The van der Waals surface area contributed by atoms with E-state index in [4.69, 9.17) is 16.3 Å². The second-order valence-electron chi connectivity index (χ2n) is 4.00. The first-order chi connectivity index (χ1) is 7.78. The van der Waals surface area contributed by atoms with Crippen LogP contribution in [0.4, 0.5) is 0 Å². The molecule has 3 rings (SSSR count). The molecule has 0 spiro atoms. The minimum Gasteiger partial charge on any atom is -0.497 e. The molecule has 1 nitrogen and oxygen atoms in total. The van der Waals surface area contributed by atoms with E-state index >= 15 is 0 Å². The lowest BCUT2D eigenvalue weighted by Gasteiger charge is -2.04. The van der Waals surface area contributed by atoms with Crippen molar-refractivity contribution in [3.63, 3.8) is 0 Å². The fourth-order valence-corrected chi connectivity index (χ4v) is 2.42. The molecule has 2 aromatic rings. The van der Waals surface area contributed by atoms with Gasteiger partial charge in [0.05, 0.1) is 7.11 Å². The maximum absolute atomic E-state index is 6.03. The molecular formula is C14H11ClO. The predicted octanol–water partition coefficient (Wildman–Crippen LogP) is 3.92. The Bertz CT molecular complexity index is 561. The van der Waals surface area contributed by atoms with Gasteiger partial charge in [-0.15, -0.1) is 0 Å². The highest BCUT2D eigenvalue weighted by Gasteiger charge is 2.18. The fraction of sp³-hybridized carbons (Fsp3) is 0.143. The molecule has 0 amide bonds. The van der Waals surface area contributed by atoms with Crippen LogP contribution in [0.3, 0.4) is 0 Å². The van der Waals surface area contributed by atoms with Crippen molar-refractivity contribution in [1.82, 2.24) is 0 Å². The third-order valence-corrected chi connectivity index (χ3v) is 3.30. The monoisotopic (exact) mass is 230 g/mol. The Morgan fingerprint density at radius 2 is 1.69 bits per heavy atom. The van der Waals surface area contributed by atoms with Gasteiger partial charge in [-0.1, -0.05) is 23.7 Å². The number of benzene rings is 2. The molecule has 0 fully saturated rings. The largest absolute Gasteiger partial charge is 0.497 e. The molecule has 2 aromatic carbocycles. The van der Waals surface area contributed by atoms with Crippen LogP contribution in [0.5, 0.6) is 5.75 Å². The lowest BCUT2D eigenvalue weighted by molar-refractivity contribution is 0.415. The second kappa shape index (κ2) is 3.53. The van der Waals surface area contributed by atoms with Crippen LogP contribution in [0.15, 0.2) is 36.4 Å². The molecule has 0 N–H and O–H groups in total. The maximum atomic E-state index is 6.03. The van der Waals surface area contributed by atoms with Gasteiger partial charge in [-0.2, -0.15) is 0 Å². The highest BCUT2D eigenvalue weighted by molar-refractivity contribution is 6.31. The van der Waals surface area contributed by atoms with Crippen molar-refractivity contribution in [2.75, 3.05) is 7.11 Å². The highest BCUT2D eigenvalue weighted by Crippen LogP contribution is 2.39. The summed E-state index contributed by atoms with van der Waals surface area (Å²) in [6, 6.07) is 12.3. The van der Waals surface area contributed by atoms with Crippen molar-refractivity contribution in [3.05, 3.63) is 52.5 Å². The topological polar surface area (TPSA) is 9.23 Å². The maximum Gasteiger partial charge on any atom is 0.119 e. The van der Waals surface area contributed by atoms with Gasteiger partial charge in [0, 0.05) is 5.02 Å². The molecule has 1 aliphatic rings. The van der Waals surface area contributed by atoms with E-state index in [0.717, 1.165) is 17.2 Å². The van der Waals surface area contributed by atoms with Gasteiger partial charge in [0.2, 0.25) is 0 Å². The van der Waals surface area contributed by atoms with Crippen LogP contribution in [0.25, 0.3) is 11.1 Å². The zero-order chi connectivity index (χ0) is 11.1. The van der Waals surface area contributed by atoms with Crippen LogP contribution >= 0.6 is 11.6 Å². The zero-order valence-electron chi connectivity index (χ0n) is 8.96. The molecule has 2 heteroatoms. The van der Waals surface area contributed by atoms with Gasteiger partial charge in [0.25, 0.3) is 0 Å². The van der Waals surface area contributed by atoms with Gasteiger partial charge in [-0.25, -0.2) is 0 Å². The average Bonchev–Trinajstić information content (AvgIpc) is 2.66. The van der Waals surface area contributed by atoms with Crippen LogP contribution in [0, 0.1) is 0 Å². The third-order valence-electron chi connectivity index (χ3n) is 3.06. The summed E-state index contributed by atoms with van der Waals surface area (Å²) in [6.07, 6.45) is 0.992. The Labute approximate surface area is 99.6 Å². The van der Waals surface area contributed by atoms with E-state index in [-0.39, 0.29) is 0 Å². The molecule has 0 saturated carbocycles. The van der Waals surface area contributed by atoms with E-state index in [2.05, 4.69) is 18.2 Å². The first-order valence-electron chi connectivity index (χ1n) is 5.23.